The van der Waals surface area contributed by atoms with Crippen molar-refractivity contribution in [3.63, 3.8) is 0 Å². The van der Waals surface area contributed by atoms with Crippen LogP contribution in [0.4, 0.5) is 16.2 Å². The van der Waals surface area contributed by atoms with Crippen LogP contribution < -0.4 is 10.2 Å². The summed E-state index contributed by atoms with van der Waals surface area (Å²) < 4.78 is 32.3. The molecule has 0 bridgehead atoms. The minimum Gasteiger partial charge on any atom is -0.379 e. The first-order valence-corrected chi connectivity index (χ1v) is 12.6. The van der Waals surface area contributed by atoms with Gasteiger partial charge in [0.2, 0.25) is 15.9 Å². The SMILES string of the molecule is O=C1CNC(=O)N1CCCN1CCN(c2ccc(S(=O)(=O)N3CCOCC3)cc2[N+](=O)[O-])CC1. The first-order chi connectivity index (χ1) is 16.3. The number of ether oxygens (including phenoxy) is 1. The highest BCUT2D eigenvalue weighted by Gasteiger charge is 2.31. The molecule has 14 heteroatoms. The molecule has 3 aliphatic heterocycles. The number of anilines is 1. The van der Waals surface area contributed by atoms with Gasteiger partial charge in [-0.1, -0.05) is 0 Å². The Hall–Kier alpha value is -2.81. The highest BCUT2D eigenvalue weighted by atomic mass is 32.2. The molecule has 0 unspecified atom stereocenters. The number of hydrogen-bond acceptors (Lipinski definition) is 9. The van der Waals surface area contributed by atoms with Gasteiger partial charge in [0.05, 0.1) is 29.6 Å². The molecule has 0 spiro atoms. The van der Waals surface area contributed by atoms with Crippen molar-refractivity contribution in [3.05, 3.63) is 28.3 Å². The molecule has 0 radical (unpaired) electrons. The van der Waals surface area contributed by atoms with Crippen LogP contribution in [0.15, 0.2) is 23.1 Å². The fraction of sp³-hybridized carbons (Fsp3) is 0.600. The maximum Gasteiger partial charge on any atom is 0.324 e. The third-order valence-electron chi connectivity index (χ3n) is 6.26. The highest BCUT2D eigenvalue weighted by Crippen LogP contribution is 2.32. The quantitative estimate of drug-likeness (QED) is 0.291. The number of urea groups is 1. The summed E-state index contributed by atoms with van der Waals surface area (Å²) in [6, 6.07) is 3.72. The van der Waals surface area contributed by atoms with Crippen LogP contribution in [0.25, 0.3) is 0 Å². The lowest BCUT2D eigenvalue weighted by Gasteiger charge is -2.36. The van der Waals surface area contributed by atoms with Crippen LogP contribution in [0.1, 0.15) is 6.42 Å². The predicted octanol–water partition coefficient (Wildman–Crippen LogP) is -0.320. The molecule has 1 aromatic carbocycles. The lowest BCUT2D eigenvalue weighted by Crippen LogP contribution is -2.47. The number of hydrogen-bond donors (Lipinski definition) is 1. The number of nitrogens with one attached hydrogen (secondary N) is 1. The monoisotopic (exact) mass is 496 g/mol. The van der Waals surface area contributed by atoms with Crippen LogP contribution in [-0.4, -0.2) is 112 Å². The summed E-state index contributed by atoms with van der Waals surface area (Å²) in [5, 5.41) is 14.3. The zero-order valence-corrected chi connectivity index (χ0v) is 19.5. The fourth-order valence-corrected chi connectivity index (χ4v) is 5.79. The second-order valence-corrected chi connectivity index (χ2v) is 10.2. The van der Waals surface area contributed by atoms with E-state index in [0.717, 1.165) is 6.07 Å². The number of carbonyl (C=O) groups is 2. The molecule has 4 rings (SSSR count). The molecule has 1 N–H and O–H groups in total. The van der Waals surface area contributed by atoms with Gasteiger partial charge in [0.25, 0.3) is 5.69 Å². The number of nitro benzene ring substituents is 1. The minimum atomic E-state index is -3.83. The van der Waals surface area contributed by atoms with E-state index < -0.39 is 14.9 Å². The summed E-state index contributed by atoms with van der Waals surface area (Å²) in [4.78, 5) is 39.7. The molecular weight excluding hydrogens is 468 g/mol. The number of benzene rings is 1. The van der Waals surface area contributed by atoms with Crippen molar-refractivity contribution in [2.75, 3.05) is 77.0 Å². The van der Waals surface area contributed by atoms with E-state index in [4.69, 9.17) is 4.74 Å². The molecule has 0 aromatic heterocycles. The van der Waals surface area contributed by atoms with Crippen molar-refractivity contribution in [2.24, 2.45) is 0 Å². The van der Waals surface area contributed by atoms with E-state index >= 15 is 0 Å². The molecule has 1 aromatic rings. The minimum absolute atomic E-state index is 0.0445. The van der Waals surface area contributed by atoms with Gasteiger partial charge in [0.15, 0.2) is 0 Å². The Morgan fingerprint density at radius 1 is 1.03 bits per heavy atom. The van der Waals surface area contributed by atoms with Crippen LogP contribution in [-0.2, 0) is 19.6 Å². The topological polar surface area (TPSA) is 146 Å². The summed E-state index contributed by atoms with van der Waals surface area (Å²) in [6.45, 7) is 4.53. The Bertz CT molecular complexity index is 1040. The van der Waals surface area contributed by atoms with E-state index in [-0.39, 0.29) is 42.2 Å². The van der Waals surface area contributed by atoms with Gasteiger partial charge in [0.1, 0.15) is 5.69 Å². The lowest BCUT2D eigenvalue weighted by atomic mass is 10.2. The van der Waals surface area contributed by atoms with Gasteiger partial charge in [0, 0.05) is 51.9 Å². The number of rotatable bonds is 8. The van der Waals surface area contributed by atoms with E-state index in [1.165, 1.54) is 21.3 Å². The van der Waals surface area contributed by atoms with Crippen LogP contribution in [0.2, 0.25) is 0 Å². The Kier molecular flexibility index (Phi) is 7.30. The van der Waals surface area contributed by atoms with Crippen molar-refractivity contribution in [1.29, 1.82) is 0 Å². The second kappa shape index (κ2) is 10.2. The molecule has 13 nitrogen and oxygen atoms in total. The molecule has 3 heterocycles. The summed E-state index contributed by atoms with van der Waals surface area (Å²) >= 11 is 0. The Morgan fingerprint density at radius 3 is 2.35 bits per heavy atom. The number of amides is 3. The summed E-state index contributed by atoms with van der Waals surface area (Å²) in [5.41, 5.74) is 0.159. The third-order valence-corrected chi connectivity index (χ3v) is 8.15. The van der Waals surface area contributed by atoms with Gasteiger partial charge in [-0.05, 0) is 25.1 Å². The number of nitro groups is 1. The molecule has 34 heavy (non-hydrogen) atoms. The van der Waals surface area contributed by atoms with Crippen molar-refractivity contribution < 1.29 is 27.7 Å². The molecule has 0 atom stereocenters. The normalized spacial score (nSPS) is 20.6. The number of sulfonamides is 1. The van der Waals surface area contributed by atoms with Crippen molar-refractivity contribution in [2.45, 2.75) is 11.3 Å². The standard InChI is InChI=1S/C20H28N6O7S/c27-19-15-21-20(28)25(19)5-1-4-22-6-8-23(9-7-22)17-3-2-16(14-18(17)26(29)30)34(31,32)24-10-12-33-13-11-24/h2-3,14H,1,4-13,15H2,(H,21,28). The van der Waals surface area contributed by atoms with Gasteiger partial charge in [-0.2, -0.15) is 4.31 Å². The highest BCUT2D eigenvalue weighted by molar-refractivity contribution is 7.89. The molecule has 3 aliphatic rings. The Balaban J connectivity index is 1.37. The van der Waals surface area contributed by atoms with E-state index in [1.54, 1.807) is 0 Å². The largest absolute Gasteiger partial charge is 0.379 e. The summed E-state index contributed by atoms with van der Waals surface area (Å²) in [5.74, 6) is -0.221. The zero-order valence-electron chi connectivity index (χ0n) is 18.7. The van der Waals surface area contributed by atoms with Crippen LogP contribution >= 0.6 is 0 Å². The number of imide groups is 1. The van der Waals surface area contributed by atoms with Gasteiger partial charge < -0.3 is 15.0 Å². The second-order valence-electron chi connectivity index (χ2n) is 8.31. The van der Waals surface area contributed by atoms with E-state index in [2.05, 4.69) is 10.2 Å². The maximum absolute atomic E-state index is 12.9. The van der Waals surface area contributed by atoms with Crippen molar-refractivity contribution in [3.8, 4) is 0 Å². The van der Waals surface area contributed by atoms with Crippen molar-refractivity contribution in [1.82, 2.24) is 19.4 Å². The average molecular weight is 497 g/mol. The first kappa shape index (κ1) is 24.3. The smallest absolute Gasteiger partial charge is 0.324 e. The zero-order chi connectivity index (χ0) is 24.3. The molecule has 3 amide bonds. The molecule has 3 fully saturated rings. The van der Waals surface area contributed by atoms with Gasteiger partial charge in [-0.3, -0.25) is 24.7 Å². The average Bonchev–Trinajstić information content (AvgIpc) is 3.17. The third kappa shape index (κ3) is 5.14. The van der Waals surface area contributed by atoms with Gasteiger partial charge in [-0.25, -0.2) is 13.2 Å². The molecule has 0 saturated carbocycles. The number of piperazine rings is 1. The van der Waals surface area contributed by atoms with Crippen LogP contribution in [0, 0.1) is 10.1 Å². The Morgan fingerprint density at radius 2 is 1.74 bits per heavy atom. The number of carbonyl (C=O) groups excluding carboxylic acids is 2. The van der Waals surface area contributed by atoms with Gasteiger partial charge in [-0.15, -0.1) is 0 Å². The predicted molar refractivity (Wildman–Crippen MR) is 121 cm³/mol. The Labute approximate surface area is 197 Å². The summed E-state index contributed by atoms with van der Waals surface area (Å²) in [7, 11) is -3.83. The number of nitrogens with zero attached hydrogens (tertiary/aromatic N) is 5. The van der Waals surface area contributed by atoms with E-state index in [1.807, 2.05) is 4.90 Å². The molecule has 3 saturated heterocycles. The van der Waals surface area contributed by atoms with Crippen molar-refractivity contribution >= 4 is 33.3 Å². The van der Waals surface area contributed by atoms with Crippen LogP contribution in [0.3, 0.4) is 0 Å². The molecule has 0 aliphatic carbocycles. The maximum atomic E-state index is 12.9. The van der Waals surface area contributed by atoms with E-state index in [0.29, 0.717) is 64.6 Å². The molecule has 186 valence electrons. The van der Waals surface area contributed by atoms with Crippen LogP contribution in [0.5, 0.6) is 0 Å². The number of morpholine rings is 1. The van der Waals surface area contributed by atoms with Gasteiger partial charge >= 0.3 is 6.03 Å². The van der Waals surface area contributed by atoms with E-state index in [9.17, 15) is 28.1 Å². The molecular formula is C20H28N6O7S. The fourth-order valence-electron chi connectivity index (χ4n) is 4.36. The lowest BCUT2D eigenvalue weighted by molar-refractivity contribution is -0.384. The summed E-state index contributed by atoms with van der Waals surface area (Å²) in [6.07, 6.45) is 0.646. The first-order valence-electron chi connectivity index (χ1n) is 11.2.